The third kappa shape index (κ3) is 4.39. The van der Waals surface area contributed by atoms with Crippen molar-refractivity contribution in [1.82, 2.24) is 10.2 Å². The third-order valence-electron chi connectivity index (χ3n) is 6.47. The molecular weight excluding hydrogens is 360 g/mol. The highest BCUT2D eigenvalue weighted by atomic mass is 16.5. The van der Waals surface area contributed by atoms with E-state index in [9.17, 15) is 19.2 Å². The minimum Gasteiger partial charge on any atom is -0.451 e. The van der Waals surface area contributed by atoms with E-state index >= 15 is 0 Å². The summed E-state index contributed by atoms with van der Waals surface area (Å²) in [5.41, 5.74) is 0. The Morgan fingerprint density at radius 3 is 1.93 bits per heavy atom. The highest BCUT2D eigenvalue weighted by Crippen LogP contribution is 2.38. The van der Waals surface area contributed by atoms with Crippen LogP contribution in [0.3, 0.4) is 0 Å². The molecule has 0 radical (unpaired) electrons. The molecule has 0 bridgehead atoms. The number of rotatable bonds is 5. The quantitative estimate of drug-likeness (QED) is 0.440. The zero-order valence-corrected chi connectivity index (χ0v) is 16.9. The molecular formula is C21H32N2O5. The molecule has 1 heterocycles. The predicted octanol–water partition coefficient (Wildman–Crippen LogP) is 2.32. The van der Waals surface area contributed by atoms with Gasteiger partial charge in [0.25, 0.3) is 5.91 Å². The van der Waals surface area contributed by atoms with Crippen LogP contribution in [0.5, 0.6) is 0 Å². The zero-order valence-electron chi connectivity index (χ0n) is 16.9. The average molecular weight is 392 g/mol. The number of ether oxygens (including phenoxy) is 1. The summed E-state index contributed by atoms with van der Waals surface area (Å²) >= 11 is 0. The largest absolute Gasteiger partial charge is 0.451 e. The second-order valence-electron chi connectivity index (χ2n) is 8.50. The van der Waals surface area contributed by atoms with Gasteiger partial charge >= 0.3 is 5.97 Å². The fourth-order valence-electron chi connectivity index (χ4n) is 4.74. The summed E-state index contributed by atoms with van der Waals surface area (Å²) in [7, 11) is 0. The van der Waals surface area contributed by atoms with Crippen LogP contribution in [0.4, 0.5) is 0 Å². The summed E-state index contributed by atoms with van der Waals surface area (Å²) in [5.74, 6) is -2.16. The summed E-state index contributed by atoms with van der Waals surface area (Å²) in [6.45, 7) is 3.04. The Bertz CT molecular complexity index is 602. The van der Waals surface area contributed by atoms with Crippen molar-refractivity contribution in [2.75, 3.05) is 0 Å². The number of hydrogen-bond acceptors (Lipinski definition) is 5. The molecule has 1 saturated heterocycles. The molecule has 2 aliphatic carbocycles. The molecule has 1 N–H and O–H groups in total. The number of fused-ring (bicyclic) bond motifs is 1. The van der Waals surface area contributed by atoms with Crippen LogP contribution in [0.15, 0.2) is 0 Å². The average Bonchev–Trinajstić information content (AvgIpc) is 2.85. The molecule has 3 aliphatic rings. The van der Waals surface area contributed by atoms with Gasteiger partial charge in [-0.3, -0.25) is 19.3 Å². The smallest absolute Gasteiger partial charge is 0.329 e. The van der Waals surface area contributed by atoms with Gasteiger partial charge in [0.05, 0.1) is 11.8 Å². The first kappa shape index (κ1) is 20.8. The summed E-state index contributed by atoms with van der Waals surface area (Å²) in [6, 6.07) is -0.878. The van der Waals surface area contributed by atoms with Crippen LogP contribution in [-0.4, -0.2) is 46.8 Å². The van der Waals surface area contributed by atoms with Crippen LogP contribution in [0.25, 0.3) is 0 Å². The van der Waals surface area contributed by atoms with Crippen LogP contribution < -0.4 is 5.32 Å². The number of carbonyl (C=O) groups is 4. The molecule has 28 heavy (non-hydrogen) atoms. The maximum Gasteiger partial charge on any atom is 0.329 e. The van der Waals surface area contributed by atoms with Crippen LogP contribution in [-0.2, 0) is 23.9 Å². The van der Waals surface area contributed by atoms with Crippen molar-refractivity contribution < 1.29 is 23.9 Å². The van der Waals surface area contributed by atoms with E-state index in [4.69, 9.17) is 4.74 Å². The molecule has 0 aromatic rings. The van der Waals surface area contributed by atoms with Gasteiger partial charge < -0.3 is 10.1 Å². The Balaban J connectivity index is 1.55. The summed E-state index contributed by atoms with van der Waals surface area (Å²) < 4.78 is 5.31. The molecule has 0 unspecified atom stereocenters. The molecule has 3 amide bonds. The van der Waals surface area contributed by atoms with E-state index in [2.05, 4.69) is 5.32 Å². The minimum absolute atomic E-state index is 0.124. The number of nitrogens with zero attached hydrogens (tertiary/aromatic N) is 1. The number of amides is 3. The summed E-state index contributed by atoms with van der Waals surface area (Å²) in [5, 5.41) is 2.97. The Labute approximate surface area is 166 Å². The lowest BCUT2D eigenvalue weighted by molar-refractivity contribution is -0.164. The lowest BCUT2D eigenvalue weighted by atomic mass is 9.81. The topological polar surface area (TPSA) is 92.8 Å². The van der Waals surface area contributed by atoms with Gasteiger partial charge in [0.2, 0.25) is 11.8 Å². The van der Waals surface area contributed by atoms with Gasteiger partial charge in [-0.15, -0.1) is 0 Å². The fourth-order valence-corrected chi connectivity index (χ4v) is 4.74. The van der Waals surface area contributed by atoms with Gasteiger partial charge in [0.15, 0.2) is 6.10 Å². The molecule has 2 saturated carbocycles. The Morgan fingerprint density at radius 1 is 0.893 bits per heavy atom. The Hall–Kier alpha value is -1.92. The van der Waals surface area contributed by atoms with Gasteiger partial charge in [-0.2, -0.15) is 0 Å². The normalized spacial score (nSPS) is 28.3. The number of nitrogens with one attached hydrogen (secondary N) is 1. The van der Waals surface area contributed by atoms with Crippen LogP contribution >= 0.6 is 0 Å². The first-order valence-electron chi connectivity index (χ1n) is 10.8. The van der Waals surface area contributed by atoms with E-state index in [-0.39, 0.29) is 35.6 Å². The lowest BCUT2D eigenvalue weighted by Gasteiger charge is -2.24. The fraction of sp³-hybridized carbons (Fsp3) is 0.810. The standard InChI is InChI=1S/C21H32N2O5/c1-13(23-19(25)16-11-7-8-12-17(16)20(23)26)21(27)28-14(2)18(24)22-15-9-5-3-4-6-10-15/h13-17H,3-12H2,1-2H3,(H,22,24)/t13-,14+,16-,17+/m0/s1. The van der Waals surface area contributed by atoms with Gasteiger partial charge in [-0.1, -0.05) is 38.5 Å². The number of likely N-dealkylation sites (tertiary alicyclic amines) is 1. The monoisotopic (exact) mass is 392 g/mol. The van der Waals surface area contributed by atoms with Crippen LogP contribution in [0.2, 0.25) is 0 Å². The molecule has 3 fully saturated rings. The zero-order chi connectivity index (χ0) is 20.3. The van der Waals surface area contributed by atoms with Crippen molar-refractivity contribution in [3.8, 4) is 0 Å². The molecule has 4 atom stereocenters. The van der Waals surface area contributed by atoms with E-state index in [1.807, 2.05) is 0 Å². The van der Waals surface area contributed by atoms with Crippen LogP contribution in [0, 0.1) is 11.8 Å². The molecule has 0 aromatic heterocycles. The van der Waals surface area contributed by atoms with Gasteiger partial charge in [0, 0.05) is 6.04 Å². The highest BCUT2D eigenvalue weighted by Gasteiger charge is 2.51. The molecule has 0 aromatic carbocycles. The molecule has 156 valence electrons. The Morgan fingerprint density at radius 2 is 1.39 bits per heavy atom. The van der Waals surface area contributed by atoms with Gasteiger partial charge in [-0.05, 0) is 39.5 Å². The summed E-state index contributed by atoms with van der Waals surface area (Å²) in [6.07, 6.45) is 8.79. The highest BCUT2D eigenvalue weighted by molar-refractivity contribution is 6.07. The van der Waals surface area contributed by atoms with Crippen molar-refractivity contribution in [3.63, 3.8) is 0 Å². The van der Waals surface area contributed by atoms with Crippen molar-refractivity contribution in [1.29, 1.82) is 0 Å². The number of hydrogen-bond donors (Lipinski definition) is 1. The molecule has 3 rings (SSSR count). The molecule has 7 nitrogen and oxygen atoms in total. The van der Waals surface area contributed by atoms with Crippen molar-refractivity contribution in [3.05, 3.63) is 0 Å². The minimum atomic E-state index is -1.00. The Kier molecular flexibility index (Phi) is 6.73. The number of esters is 1. The molecule has 1 aliphatic heterocycles. The van der Waals surface area contributed by atoms with Gasteiger partial charge in [0.1, 0.15) is 6.04 Å². The molecule has 0 spiro atoms. The van der Waals surface area contributed by atoms with E-state index in [0.29, 0.717) is 12.8 Å². The van der Waals surface area contributed by atoms with E-state index in [1.165, 1.54) is 26.7 Å². The van der Waals surface area contributed by atoms with Crippen molar-refractivity contribution in [2.45, 2.75) is 96.2 Å². The maximum atomic E-state index is 12.6. The van der Waals surface area contributed by atoms with Crippen LogP contribution in [0.1, 0.15) is 78.1 Å². The van der Waals surface area contributed by atoms with Crippen molar-refractivity contribution in [2.24, 2.45) is 11.8 Å². The maximum absolute atomic E-state index is 12.6. The van der Waals surface area contributed by atoms with Gasteiger partial charge in [-0.25, -0.2) is 4.79 Å². The lowest BCUT2D eigenvalue weighted by Crippen LogP contribution is -2.47. The number of imide groups is 1. The number of carbonyl (C=O) groups excluding carboxylic acids is 4. The second-order valence-corrected chi connectivity index (χ2v) is 8.50. The molecule has 7 heteroatoms. The first-order chi connectivity index (χ1) is 13.4. The third-order valence-corrected chi connectivity index (χ3v) is 6.47. The predicted molar refractivity (Wildman–Crippen MR) is 102 cm³/mol. The second kappa shape index (κ2) is 9.05. The van der Waals surface area contributed by atoms with E-state index in [0.717, 1.165) is 43.4 Å². The summed E-state index contributed by atoms with van der Waals surface area (Å²) in [4.78, 5) is 51.3. The SMILES string of the molecule is C[C@@H](OC(=O)[C@H](C)N1C(=O)[C@H]2CCCC[C@H]2C1=O)C(=O)NC1CCCCCC1. The van der Waals surface area contributed by atoms with E-state index < -0.39 is 18.1 Å². The van der Waals surface area contributed by atoms with E-state index in [1.54, 1.807) is 0 Å². The first-order valence-corrected chi connectivity index (χ1v) is 10.8. The van der Waals surface area contributed by atoms with Crippen molar-refractivity contribution >= 4 is 23.7 Å².